The van der Waals surface area contributed by atoms with Crippen molar-refractivity contribution in [3.8, 4) is 0 Å². The normalized spacial score (nSPS) is 37.3. The lowest BCUT2D eigenvalue weighted by atomic mass is 10.0. The van der Waals surface area contributed by atoms with Crippen molar-refractivity contribution in [3.63, 3.8) is 0 Å². The first kappa shape index (κ1) is 16.7. The third kappa shape index (κ3) is 5.22. The van der Waals surface area contributed by atoms with Crippen molar-refractivity contribution in [2.45, 2.75) is 44.4 Å². The van der Waals surface area contributed by atoms with Crippen LogP contribution in [-0.2, 0) is 0 Å². The third-order valence-corrected chi connectivity index (χ3v) is 4.68. The maximum Gasteiger partial charge on any atom is 0.0848 e. The lowest BCUT2D eigenvalue weighted by Gasteiger charge is -2.34. The van der Waals surface area contributed by atoms with Gasteiger partial charge < -0.3 is 10.2 Å². The van der Waals surface area contributed by atoms with Gasteiger partial charge in [0.15, 0.2) is 0 Å². The van der Waals surface area contributed by atoms with Gasteiger partial charge in [-0.25, -0.2) is 0 Å². The summed E-state index contributed by atoms with van der Waals surface area (Å²) in [6.45, 7) is 5.95. The van der Waals surface area contributed by atoms with Crippen LogP contribution >= 0.6 is 0 Å². The molecule has 0 spiro atoms. The van der Waals surface area contributed by atoms with E-state index < -0.39 is 0 Å². The molecule has 0 bridgehead atoms. The van der Waals surface area contributed by atoms with E-state index in [9.17, 15) is 5.11 Å². The summed E-state index contributed by atoms with van der Waals surface area (Å²) in [6.07, 6.45) is 11.4. The molecule has 3 rings (SSSR count). The molecule has 2 heterocycles. The molecule has 3 aliphatic rings. The Bertz CT molecular complexity index is 370. The maximum absolute atomic E-state index is 9.50. The second-order valence-corrected chi connectivity index (χ2v) is 6.64. The summed E-state index contributed by atoms with van der Waals surface area (Å²) in [4.78, 5) is 4.51. The van der Waals surface area contributed by atoms with Gasteiger partial charge in [0.25, 0.3) is 0 Å². The highest BCUT2D eigenvalue weighted by atomic mass is 16.3. The number of β-amino-alcohol motifs (C(OH)–C–C–N with tert-alkyl or cyclic N) is 2. The molecule has 2 N–H and O–H groups in total. The van der Waals surface area contributed by atoms with Gasteiger partial charge in [-0.15, -0.1) is 0 Å². The fourth-order valence-corrected chi connectivity index (χ4v) is 3.52. The van der Waals surface area contributed by atoms with Gasteiger partial charge in [-0.3, -0.25) is 9.80 Å². The van der Waals surface area contributed by atoms with E-state index in [1.807, 2.05) is 25.3 Å². The summed E-state index contributed by atoms with van der Waals surface area (Å²) in [5, 5.41) is 18.4. The fraction of sp³-hybridized carbons (Fsp3) is 0.765. The molecule has 21 heavy (non-hydrogen) atoms. The standard InChI is InChI=1S/C11H19NO.C6H11NO/c1-9-4-2-6-11(9)12-7-3-5-10(13)8-12;1-7-4-2-3-6(8)5-7/h3,5,9-11,13H,2,4,6-8H2,1H3;2-3,6,8H,4-5H2,1H3/t9?,10-,11?;/m0./s1. The molecule has 4 atom stereocenters. The molecule has 4 nitrogen and oxygen atoms in total. The van der Waals surface area contributed by atoms with Crippen molar-refractivity contribution >= 4 is 0 Å². The molecule has 1 fully saturated rings. The largest absolute Gasteiger partial charge is 0.388 e. The van der Waals surface area contributed by atoms with Gasteiger partial charge in [0.1, 0.15) is 0 Å². The summed E-state index contributed by atoms with van der Waals surface area (Å²) in [5.41, 5.74) is 0. The lowest BCUT2D eigenvalue weighted by molar-refractivity contribution is 0.1000. The predicted molar refractivity (Wildman–Crippen MR) is 86.2 cm³/mol. The lowest BCUT2D eigenvalue weighted by Crippen LogP contribution is -2.43. The monoisotopic (exact) mass is 294 g/mol. The molecule has 0 aromatic rings. The topological polar surface area (TPSA) is 46.9 Å². The Labute approximate surface area is 128 Å². The highest BCUT2D eigenvalue weighted by molar-refractivity contribution is 5.00. The second kappa shape index (κ2) is 8.08. The summed E-state index contributed by atoms with van der Waals surface area (Å²) < 4.78 is 0. The van der Waals surface area contributed by atoms with Crippen LogP contribution in [0.2, 0.25) is 0 Å². The molecule has 3 unspecified atom stereocenters. The molecule has 0 radical (unpaired) electrons. The minimum Gasteiger partial charge on any atom is -0.388 e. The Balaban J connectivity index is 0.000000173. The van der Waals surface area contributed by atoms with Crippen LogP contribution in [0, 0.1) is 5.92 Å². The van der Waals surface area contributed by atoms with Gasteiger partial charge in [-0.1, -0.05) is 37.6 Å². The number of hydrogen-bond donors (Lipinski definition) is 2. The van der Waals surface area contributed by atoms with Crippen LogP contribution in [0.1, 0.15) is 26.2 Å². The Morgan fingerprint density at radius 1 is 0.952 bits per heavy atom. The zero-order valence-electron chi connectivity index (χ0n) is 13.4. The van der Waals surface area contributed by atoms with Gasteiger partial charge in [-0.05, 0) is 25.8 Å². The van der Waals surface area contributed by atoms with Gasteiger partial charge in [0.2, 0.25) is 0 Å². The number of likely N-dealkylation sites (N-methyl/N-ethyl adjacent to an activating group) is 1. The molecule has 1 saturated carbocycles. The molecule has 4 heteroatoms. The van der Waals surface area contributed by atoms with Gasteiger partial charge in [-0.2, -0.15) is 0 Å². The zero-order chi connectivity index (χ0) is 15.2. The molecule has 0 amide bonds. The Hall–Kier alpha value is -0.680. The van der Waals surface area contributed by atoms with E-state index >= 15 is 0 Å². The average molecular weight is 294 g/mol. The smallest absolute Gasteiger partial charge is 0.0848 e. The van der Waals surface area contributed by atoms with Crippen LogP contribution in [0.3, 0.4) is 0 Å². The molecule has 0 saturated heterocycles. The van der Waals surface area contributed by atoms with Crippen LogP contribution in [0.5, 0.6) is 0 Å². The first-order valence-corrected chi connectivity index (χ1v) is 8.18. The van der Waals surface area contributed by atoms with Crippen LogP contribution in [0.4, 0.5) is 0 Å². The van der Waals surface area contributed by atoms with Crippen molar-refractivity contribution in [1.29, 1.82) is 0 Å². The predicted octanol–water partition coefficient (Wildman–Crippen LogP) is 1.26. The van der Waals surface area contributed by atoms with Crippen molar-refractivity contribution < 1.29 is 10.2 Å². The quantitative estimate of drug-likeness (QED) is 0.715. The zero-order valence-corrected chi connectivity index (χ0v) is 13.4. The Morgan fingerprint density at radius 3 is 2.10 bits per heavy atom. The first-order valence-electron chi connectivity index (χ1n) is 8.18. The highest BCUT2D eigenvalue weighted by Gasteiger charge is 2.30. The molecular formula is C17H30N2O2. The number of rotatable bonds is 1. The van der Waals surface area contributed by atoms with Crippen LogP contribution in [0.15, 0.2) is 24.3 Å². The Kier molecular flexibility index (Phi) is 6.42. The van der Waals surface area contributed by atoms with E-state index in [0.717, 1.165) is 38.1 Å². The Morgan fingerprint density at radius 2 is 1.62 bits per heavy atom. The maximum atomic E-state index is 9.50. The van der Waals surface area contributed by atoms with E-state index in [4.69, 9.17) is 5.11 Å². The number of aliphatic hydroxyl groups is 2. The molecule has 1 aliphatic carbocycles. The van der Waals surface area contributed by atoms with Gasteiger partial charge in [0, 0.05) is 32.2 Å². The average Bonchev–Trinajstić information content (AvgIpc) is 2.85. The van der Waals surface area contributed by atoms with E-state index in [2.05, 4.69) is 22.8 Å². The summed E-state index contributed by atoms with van der Waals surface area (Å²) in [5.74, 6) is 0.818. The molecule has 2 aliphatic heterocycles. The van der Waals surface area contributed by atoms with Crippen molar-refractivity contribution in [1.82, 2.24) is 9.80 Å². The van der Waals surface area contributed by atoms with E-state index in [1.54, 1.807) is 0 Å². The third-order valence-electron chi connectivity index (χ3n) is 4.68. The molecular weight excluding hydrogens is 264 g/mol. The minimum absolute atomic E-state index is 0.235. The summed E-state index contributed by atoms with van der Waals surface area (Å²) in [6, 6.07) is 0.722. The number of hydrogen-bond acceptors (Lipinski definition) is 4. The van der Waals surface area contributed by atoms with Crippen molar-refractivity contribution in [3.05, 3.63) is 24.3 Å². The molecule has 0 aromatic carbocycles. The highest BCUT2D eigenvalue weighted by Crippen LogP contribution is 2.30. The minimum atomic E-state index is -0.242. The van der Waals surface area contributed by atoms with Crippen LogP contribution < -0.4 is 0 Å². The van der Waals surface area contributed by atoms with Crippen LogP contribution in [0.25, 0.3) is 0 Å². The summed E-state index contributed by atoms with van der Waals surface area (Å²) in [7, 11) is 1.99. The second-order valence-electron chi connectivity index (χ2n) is 6.64. The SMILES string of the molecule is CC1CCCC1N1CC=C[C@H](O)C1.CN1CC=CC(O)C1. The van der Waals surface area contributed by atoms with Crippen LogP contribution in [-0.4, -0.2) is 71.5 Å². The van der Waals surface area contributed by atoms with Gasteiger partial charge in [0.05, 0.1) is 12.2 Å². The van der Waals surface area contributed by atoms with Gasteiger partial charge >= 0.3 is 0 Å². The molecule has 0 aromatic heterocycles. The summed E-state index contributed by atoms with van der Waals surface area (Å²) >= 11 is 0. The van der Waals surface area contributed by atoms with E-state index in [0.29, 0.717) is 0 Å². The first-order chi connectivity index (χ1) is 10.1. The number of nitrogens with zero attached hydrogens (tertiary/aromatic N) is 2. The van der Waals surface area contributed by atoms with Crippen molar-refractivity contribution in [2.75, 3.05) is 33.2 Å². The fourth-order valence-electron chi connectivity index (χ4n) is 3.52. The molecule has 120 valence electrons. The van der Waals surface area contributed by atoms with E-state index in [1.165, 1.54) is 19.3 Å². The van der Waals surface area contributed by atoms with E-state index in [-0.39, 0.29) is 12.2 Å². The number of aliphatic hydroxyl groups excluding tert-OH is 2. The van der Waals surface area contributed by atoms with Crippen molar-refractivity contribution in [2.24, 2.45) is 5.92 Å².